The molecule has 1 aliphatic rings. The quantitative estimate of drug-likeness (QED) is 0.669. The van der Waals surface area contributed by atoms with Gasteiger partial charge < -0.3 is 19.6 Å². The molecule has 0 aliphatic carbocycles. The molecule has 1 aromatic heterocycles. The van der Waals surface area contributed by atoms with Crippen molar-refractivity contribution in [2.45, 2.75) is 13.5 Å². The molecular weight excluding hydrogens is 330 g/mol. The van der Waals surface area contributed by atoms with Crippen LogP contribution in [0.5, 0.6) is 0 Å². The summed E-state index contributed by atoms with van der Waals surface area (Å²) in [6, 6.07) is 3.52. The molecule has 0 atom stereocenters. The standard InChI is InChI=1S/C16H20F2N6O/c1-11-21-15(22-25-11)10-20-16(19-2)24-7-5-23(6-8-24)14-9-12(17)3-4-13(14)18/h3-4,9H,5-8,10H2,1-2H3,(H,19,20). The van der Waals surface area contributed by atoms with E-state index in [1.165, 1.54) is 6.07 Å². The average Bonchev–Trinajstić information content (AvgIpc) is 3.03. The monoisotopic (exact) mass is 350 g/mol. The van der Waals surface area contributed by atoms with Crippen LogP contribution < -0.4 is 10.2 Å². The molecule has 0 amide bonds. The van der Waals surface area contributed by atoms with E-state index in [2.05, 4.69) is 25.3 Å². The molecular formula is C16H20F2N6O. The number of aryl methyl sites for hydroxylation is 1. The van der Waals surface area contributed by atoms with Crippen LogP contribution in [0.1, 0.15) is 11.7 Å². The van der Waals surface area contributed by atoms with Crippen LogP contribution >= 0.6 is 0 Å². The highest BCUT2D eigenvalue weighted by Gasteiger charge is 2.22. The van der Waals surface area contributed by atoms with E-state index in [0.29, 0.717) is 56.1 Å². The third-order valence-electron chi connectivity index (χ3n) is 4.01. The van der Waals surface area contributed by atoms with Crippen LogP contribution in [0.3, 0.4) is 0 Å². The molecule has 0 unspecified atom stereocenters. The molecule has 0 spiro atoms. The van der Waals surface area contributed by atoms with Gasteiger partial charge in [0.15, 0.2) is 11.8 Å². The third kappa shape index (κ3) is 4.04. The lowest BCUT2D eigenvalue weighted by Gasteiger charge is -2.37. The summed E-state index contributed by atoms with van der Waals surface area (Å²) in [5.41, 5.74) is 0.296. The van der Waals surface area contributed by atoms with Gasteiger partial charge in [-0.1, -0.05) is 5.16 Å². The minimum Gasteiger partial charge on any atom is -0.366 e. The van der Waals surface area contributed by atoms with E-state index in [4.69, 9.17) is 4.52 Å². The maximum absolute atomic E-state index is 13.9. The van der Waals surface area contributed by atoms with E-state index < -0.39 is 11.6 Å². The van der Waals surface area contributed by atoms with Gasteiger partial charge in [-0.2, -0.15) is 4.98 Å². The summed E-state index contributed by atoms with van der Waals surface area (Å²) in [5.74, 6) is 0.926. The molecule has 134 valence electrons. The first-order chi connectivity index (χ1) is 12.1. The lowest BCUT2D eigenvalue weighted by molar-refractivity contribution is 0.367. The van der Waals surface area contributed by atoms with E-state index in [0.717, 1.165) is 12.1 Å². The number of benzene rings is 1. The number of hydrogen-bond donors (Lipinski definition) is 1. The highest BCUT2D eigenvalue weighted by atomic mass is 19.1. The summed E-state index contributed by atoms with van der Waals surface area (Å²) >= 11 is 0. The number of nitrogens with one attached hydrogen (secondary N) is 1. The van der Waals surface area contributed by atoms with Crippen LogP contribution in [0.2, 0.25) is 0 Å². The summed E-state index contributed by atoms with van der Waals surface area (Å²) in [6.07, 6.45) is 0. The lowest BCUT2D eigenvalue weighted by atomic mass is 10.2. The lowest BCUT2D eigenvalue weighted by Crippen LogP contribution is -2.52. The van der Waals surface area contributed by atoms with Crippen LogP contribution in [0.4, 0.5) is 14.5 Å². The second-order valence-corrected chi connectivity index (χ2v) is 5.70. The molecule has 0 bridgehead atoms. The Morgan fingerprint density at radius 3 is 2.68 bits per heavy atom. The van der Waals surface area contributed by atoms with Crippen LogP contribution in [0, 0.1) is 18.6 Å². The van der Waals surface area contributed by atoms with Crippen molar-refractivity contribution in [3.63, 3.8) is 0 Å². The van der Waals surface area contributed by atoms with Gasteiger partial charge in [-0.05, 0) is 12.1 Å². The fourth-order valence-corrected chi connectivity index (χ4v) is 2.79. The molecule has 1 N–H and O–H groups in total. The number of hydrogen-bond acceptors (Lipinski definition) is 5. The van der Waals surface area contributed by atoms with Crippen molar-refractivity contribution in [2.75, 3.05) is 38.1 Å². The molecule has 1 saturated heterocycles. The smallest absolute Gasteiger partial charge is 0.223 e. The van der Waals surface area contributed by atoms with Crippen LogP contribution in [0.15, 0.2) is 27.7 Å². The zero-order chi connectivity index (χ0) is 17.8. The number of halogens is 2. The topological polar surface area (TPSA) is 69.8 Å². The van der Waals surface area contributed by atoms with Gasteiger partial charge in [-0.15, -0.1) is 0 Å². The number of rotatable bonds is 3. The fourth-order valence-electron chi connectivity index (χ4n) is 2.79. The Labute approximate surface area is 144 Å². The largest absolute Gasteiger partial charge is 0.366 e. The molecule has 0 saturated carbocycles. The van der Waals surface area contributed by atoms with Crippen LogP contribution in [0.25, 0.3) is 0 Å². The average molecular weight is 350 g/mol. The zero-order valence-electron chi connectivity index (χ0n) is 14.2. The van der Waals surface area contributed by atoms with Crippen molar-refractivity contribution in [3.8, 4) is 0 Å². The summed E-state index contributed by atoms with van der Waals surface area (Å²) in [7, 11) is 1.70. The van der Waals surface area contributed by atoms with Gasteiger partial charge in [0.1, 0.15) is 11.6 Å². The number of nitrogens with zero attached hydrogens (tertiary/aromatic N) is 5. The Bertz CT molecular complexity index is 755. The molecule has 1 aromatic carbocycles. The van der Waals surface area contributed by atoms with Crippen molar-refractivity contribution in [3.05, 3.63) is 41.5 Å². The number of aliphatic imine (C=N–C) groups is 1. The molecule has 2 heterocycles. The van der Waals surface area contributed by atoms with E-state index in [-0.39, 0.29) is 0 Å². The Kier molecular flexibility index (Phi) is 5.11. The molecule has 1 fully saturated rings. The molecule has 9 heteroatoms. The van der Waals surface area contributed by atoms with Gasteiger partial charge in [-0.25, -0.2) is 8.78 Å². The first-order valence-corrected chi connectivity index (χ1v) is 8.01. The maximum Gasteiger partial charge on any atom is 0.223 e. The maximum atomic E-state index is 13.9. The van der Waals surface area contributed by atoms with Gasteiger partial charge in [-0.3, -0.25) is 4.99 Å². The third-order valence-corrected chi connectivity index (χ3v) is 4.01. The van der Waals surface area contributed by atoms with Crippen molar-refractivity contribution in [1.82, 2.24) is 20.4 Å². The van der Waals surface area contributed by atoms with E-state index in [1.807, 2.05) is 4.90 Å². The van der Waals surface area contributed by atoms with Gasteiger partial charge in [0.05, 0.1) is 12.2 Å². The predicted octanol–water partition coefficient (Wildman–Crippen LogP) is 1.55. The first kappa shape index (κ1) is 17.1. The van der Waals surface area contributed by atoms with Crippen molar-refractivity contribution < 1.29 is 13.3 Å². The molecule has 1 aliphatic heterocycles. The molecule has 0 radical (unpaired) electrons. The molecule has 2 aromatic rings. The van der Waals surface area contributed by atoms with E-state index >= 15 is 0 Å². The van der Waals surface area contributed by atoms with Crippen molar-refractivity contribution >= 4 is 11.6 Å². The van der Waals surface area contributed by atoms with Crippen molar-refractivity contribution in [1.29, 1.82) is 0 Å². The van der Waals surface area contributed by atoms with Gasteiger partial charge >= 0.3 is 0 Å². The Hall–Kier alpha value is -2.71. The summed E-state index contributed by atoms with van der Waals surface area (Å²) in [4.78, 5) is 12.3. The molecule has 25 heavy (non-hydrogen) atoms. The molecule has 7 nitrogen and oxygen atoms in total. The second-order valence-electron chi connectivity index (χ2n) is 5.70. The second kappa shape index (κ2) is 7.45. The predicted molar refractivity (Wildman–Crippen MR) is 89.4 cm³/mol. The summed E-state index contributed by atoms with van der Waals surface area (Å²) in [5, 5.41) is 7.01. The van der Waals surface area contributed by atoms with Crippen molar-refractivity contribution in [2.24, 2.45) is 4.99 Å². The Morgan fingerprint density at radius 1 is 1.28 bits per heavy atom. The highest BCUT2D eigenvalue weighted by Crippen LogP contribution is 2.21. The summed E-state index contributed by atoms with van der Waals surface area (Å²) < 4.78 is 32.2. The number of anilines is 1. The van der Waals surface area contributed by atoms with Gasteiger partial charge in [0.25, 0.3) is 0 Å². The van der Waals surface area contributed by atoms with Gasteiger partial charge in [0, 0.05) is 46.2 Å². The first-order valence-electron chi connectivity index (χ1n) is 8.01. The number of aromatic nitrogens is 2. The number of piperazine rings is 1. The SMILES string of the molecule is CN=C(NCc1noc(C)n1)N1CCN(c2cc(F)ccc2F)CC1. The minimum atomic E-state index is -0.438. The molecule has 3 rings (SSSR count). The minimum absolute atomic E-state index is 0.296. The Morgan fingerprint density at radius 2 is 2.04 bits per heavy atom. The van der Waals surface area contributed by atoms with E-state index in [9.17, 15) is 8.78 Å². The van der Waals surface area contributed by atoms with Crippen LogP contribution in [-0.2, 0) is 6.54 Å². The number of guanidine groups is 1. The Balaban J connectivity index is 1.57. The summed E-state index contributed by atoms with van der Waals surface area (Å²) in [6.45, 7) is 4.56. The van der Waals surface area contributed by atoms with Crippen LogP contribution in [-0.4, -0.2) is 54.2 Å². The normalized spacial score (nSPS) is 15.6. The highest BCUT2D eigenvalue weighted by molar-refractivity contribution is 5.80. The fraction of sp³-hybridized carbons (Fsp3) is 0.438. The zero-order valence-corrected chi connectivity index (χ0v) is 14.2. The van der Waals surface area contributed by atoms with E-state index in [1.54, 1.807) is 14.0 Å². The van der Waals surface area contributed by atoms with Gasteiger partial charge in [0.2, 0.25) is 5.89 Å².